The van der Waals surface area contributed by atoms with Crippen molar-refractivity contribution in [2.45, 2.75) is 70.7 Å². The Morgan fingerprint density at radius 3 is 2.78 bits per heavy atom. The van der Waals surface area contributed by atoms with Gasteiger partial charge in [-0.05, 0) is 38.7 Å². The van der Waals surface area contributed by atoms with Crippen molar-refractivity contribution in [2.75, 3.05) is 0 Å². The van der Waals surface area contributed by atoms with E-state index in [4.69, 9.17) is 9.15 Å². The summed E-state index contributed by atoms with van der Waals surface area (Å²) >= 11 is 0. The number of hydrogen-bond donors (Lipinski definition) is 1. The van der Waals surface area contributed by atoms with E-state index < -0.39 is 0 Å². The van der Waals surface area contributed by atoms with E-state index in [1.54, 1.807) is 0 Å². The lowest BCUT2D eigenvalue weighted by molar-refractivity contribution is 0.0354. The molecule has 2 aliphatic rings. The van der Waals surface area contributed by atoms with Gasteiger partial charge in [0, 0.05) is 18.2 Å². The molecule has 0 bridgehead atoms. The molecule has 2 aliphatic carbocycles. The van der Waals surface area contributed by atoms with Gasteiger partial charge in [0.05, 0.1) is 6.10 Å². The fraction of sp³-hybridized carbons (Fsp3) is 0.733. The van der Waals surface area contributed by atoms with E-state index in [1.807, 2.05) is 6.92 Å². The minimum absolute atomic E-state index is 0.462. The fourth-order valence-electron chi connectivity index (χ4n) is 2.63. The summed E-state index contributed by atoms with van der Waals surface area (Å²) in [7, 11) is 0. The van der Waals surface area contributed by atoms with Crippen molar-refractivity contribution < 1.29 is 9.15 Å². The first-order chi connectivity index (χ1) is 8.81. The minimum Gasteiger partial charge on any atom is -0.464 e. The van der Waals surface area contributed by atoms with Crippen molar-refractivity contribution in [2.24, 2.45) is 0 Å². The molecular formula is C15H23NO2. The monoisotopic (exact) mass is 249 g/mol. The van der Waals surface area contributed by atoms with Crippen LogP contribution in [-0.2, 0) is 17.9 Å². The Bertz CT molecular complexity index is 389. The highest BCUT2D eigenvalue weighted by molar-refractivity contribution is 5.20. The van der Waals surface area contributed by atoms with E-state index in [2.05, 4.69) is 11.4 Å². The Balaban J connectivity index is 1.50. The number of nitrogens with one attached hydrogen (secondary N) is 1. The molecule has 0 amide bonds. The molecule has 2 saturated carbocycles. The number of furan rings is 1. The van der Waals surface area contributed by atoms with E-state index in [0.29, 0.717) is 12.7 Å². The summed E-state index contributed by atoms with van der Waals surface area (Å²) in [5.74, 6) is 2.01. The zero-order valence-electron chi connectivity index (χ0n) is 11.2. The number of ether oxygens (including phenoxy) is 1. The van der Waals surface area contributed by atoms with E-state index in [9.17, 15) is 0 Å². The van der Waals surface area contributed by atoms with Crippen LogP contribution in [0, 0.1) is 6.92 Å². The summed E-state index contributed by atoms with van der Waals surface area (Å²) in [6.07, 6.45) is 8.19. The summed E-state index contributed by atoms with van der Waals surface area (Å²) in [5, 5.41) is 3.52. The minimum atomic E-state index is 0.462. The average molecular weight is 249 g/mol. The zero-order valence-corrected chi connectivity index (χ0v) is 11.2. The van der Waals surface area contributed by atoms with Gasteiger partial charge in [0.1, 0.15) is 18.1 Å². The highest BCUT2D eigenvalue weighted by Gasteiger charge is 2.21. The van der Waals surface area contributed by atoms with Crippen LogP contribution in [-0.4, -0.2) is 12.1 Å². The van der Waals surface area contributed by atoms with Crippen LogP contribution >= 0.6 is 0 Å². The maximum absolute atomic E-state index is 5.88. The Hall–Kier alpha value is -0.800. The lowest BCUT2D eigenvalue weighted by Crippen LogP contribution is -2.15. The van der Waals surface area contributed by atoms with Crippen molar-refractivity contribution in [3.63, 3.8) is 0 Å². The molecular weight excluding hydrogens is 226 g/mol. The van der Waals surface area contributed by atoms with E-state index in [0.717, 1.165) is 24.1 Å². The van der Waals surface area contributed by atoms with Gasteiger partial charge < -0.3 is 14.5 Å². The second kappa shape index (κ2) is 5.45. The van der Waals surface area contributed by atoms with Crippen LogP contribution in [0.3, 0.4) is 0 Å². The van der Waals surface area contributed by atoms with Crippen molar-refractivity contribution >= 4 is 0 Å². The van der Waals surface area contributed by atoms with Crippen molar-refractivity contribution in [1.29, 1.82) is 0 Å². The normalized spacial score (nSPS) is 20.7. The van der Waals surface area contributed by atoms with Gasteiger partial charge >= 0.3 is 0 Å². The largest absolute Gasteiger partial charge is 0.464 e. The number of rotatable bonds is 6. The summed E-state index contributed by atoms with van der Waals surface area (Å²) in [6, 6.07) is 2.90. The molecule has 100 valence electrons. The topological polar surface area (TPSA) is 34.4 Å². The van der Waals surface area contributed by atoms with Gasteiger partial charge in [-0.15, -0.1) is 0 Å². The van der Waals surface area contributed by atoms with E-state index in [-0.39, 0.29) is 0 Å². The molecule has 18 heavy (non-hydrogen) atoms. The van der Waals surface area contributed by atoms with Crippen molar-refractivity contribution in [3.8, 4) is 0 Å². The lowest BCUT2D eigenvalue weighted by Gasteiger charge is -2.08. The molecule has 3 heteroatoms. The third-order valence-electron chi connectivity index (χ3n) is 3.99. The lowest BCUT2D eigenvalue weighted by atomic mass is 10.2. The zero-order chi connectivity index (χ0) is 12.4. The van der Waals surface area contributed by atoms with Crippen LogP contribution in [0.15, 0.2) is 10.5 Å². The van der Waals surface area contributed by atoms with Crippen molar-refractivity contribution in [1.82, 2.24) is 5.32 Å². The molecule has 0 spiro atoms. The quantitative estimate of drug-likeness (QED) is 0.840. The predicted molar refractivity (Wildman–Crippen MR) is 70.4 cm³/mol. The van der Waals surface area contributed by atoms with Crippen LogP contribution < -0.4 is 5.32 Å². The van der Waals surface area contributed by atoms with Crippen LogP contribution in [0.4, 0.5) is 0 Å². The fourth-order valence-corrected chi connectivity index (χ4v) is 2.63. The molecule has 0 radical (unpaired) electrons. The third-order valence-corrected chi connectivity index (χ3v) is 3.99. The van der Waals surface area contributed by atoms with Crippen LogP contribution in [0.1, 0.15) is 55.6 Å². The van der Waals surface area contributed by atoms with Gasteiger partial charge in [-0.2, -0.15) is 0 Å². The van der Waals surface area contributed by atoms with Gasteiger partial charge in [-0.3, -0.25) is 0 Å². The molecule has 3 nitrogen and oxygen atoms in total. The third kappa shape index (κ3) is 3.15. The molecule has 3 rings (SSSR count). The van der Waals surface area contributed by atoms with Gasteiger partial charge in [0.2, 0.25) is 0 Å². The highest BCUT2D eigenvalue weighted by Crippen LogP contribution is 2.24. The van der Waals surface area contributed by atoms with E-state index >= 15 is 0 Å². The summed E-state index contributed by atoms with van der Waals surface area (Å²) in [4.78, 5) is 0. The SMILES string of the molecule is Cc1oc(COC2CCCC2)cc1CNC1CC1. The number of aryl methyl sites for hydroxylation is 1. The summed E-state index contributed by atoms with van der Waals surface area (Å²) < 4.78 is 11.6. The molecule has 1 aromatic heterocycles. The molecule has 0 unspecified atom stereocenters. The molecule has 0 atom stereocenters. The first-order valence-electron chi connectivity index (χ1n) is 7.24. The molecule has 2 fully saturated rings. The maximum atomic E-state index is 5.88. The first kappa shape index (κ1) is 12.2. The van der Waals surface area contributed by atoms with Crippen LogP contribution in [0.5, 0.6) is 0 Å². The van der Waals surface area contributed by atoms with Crippen LogP contribution in [0.2, 0.25) is 0 Å². The standard InChI is InChI=1S/C15H23NO2/c1-11-12(9-16-13-6-7-13)8-15(18-11)10-17-14-4-2-3-5-14/h8,13-14,16H,2-7,9-10H2,1H3. The first-order valence-corrected chi connectivity index (χ1v) is 7.24. The van der Waals surface area contributed by atoms with Gasteiger partial charge in [-0.25, -0.2) is 0 Å². The maximum Gasteiger partial charge on any atom is 0.130 e. The molecule has 1 N–H and O–H groups in total. The van der Waals surface area contributed by atoms with Gasteiger partial charge in [0.25, 0.3) is 0 Å². The van der Waals surface area contributed by atoms with Gasteiger partial charge in [-0.1, -0.05) is 12.8 Å². The number of hydrogen-bond acceptors (Lipinski definition) is 3. The summed E-state index contributed by atoms with van der Waals surface area (Å²) in [5.41, 5.74) is 1.28. The molecule has 1 aromatic rings. The Kier molecular flexibility index (Phi) is 3.71. The van der Waals surface area contributed by atoms with Crippen molar-refractivity contribution in [3.05, 3.63) is 23.2 Å². The Morgan fingerprint density at radius 2 is 2.06 bits per heavy atom. The molecule has 0 aliphatic heterocycles. The molecule has 1 heterocycles. The molecule has 0 aromatic carbocycles. The van der Waals surface area contributed by atoms with Crippen LogP contribution in [0.25, 0.3) is 0 Å². The molecule has 0 saturated heterocycles. The van der Waals surface area contributed by atoms with E-state index in [1.165, 1.54) is 44.1 Å². The average Bonchev–Trinajstić information content (AvgIpc) is 2.91. The Labute approximate surface area is 109 Å². The predicted octanol–water partition coefficient (Wildman–Crippen LogP) is 3.30. The van der Waals surface area contributed by atoms with Gasteiger partial charge in [0.15, 0.2) is 0 Å². The second-order valence-electron chi connectivity index (χ2n) is 5.67. The summed E-state index contributed by atoms with van der Waals surface area (Å²) in [6.45, 7) is 3.61. The second-order valence-corrected chi connectivity index (χ2v) is 5.67. The Morgan fingerprint density at radius 1 is 1.28 bits per heavy atom. The highest BCUT2D eigenvalue weighted by atomic mass is 16.5. The smallest absolute Gasteiger partial charge is 0.130 e.